The number of nitrogens with one attached hydrogen (secondary N) is 1. The summed E-state index contributed by atoms with van der Waals surface area (Å²) in [7, 11) is 1.98. The fraction of sp³-hybridized carbons (Fsp3) is 0.778. The molecule has 4 bridgehead atoms. The number of hydrogen-bond donors (Lipinski definition) is 1. The van der Waals surface area contributed by atoms with Crippen LogP contribution in [-0.4, -0.2) is 17.0 Å². The molecular formula is C18H27N3. The van der Waals surface area contributed by atoms with E-state index in [1.165, 1.54) is 38.5 Å². The lowest BCUT2D eigenvalue weighted by molar-refractivity contribution is -0.112. The predicted octanol–water partition coefficient (Wildman–Crippen LogP) is 3.44. The van der Waals surface area contributed by atoms with Gasteiger partial charge in [-0.1, -0.05) is 13.8 Å². The molecule has 0 amide bonds. The van der Waals surface area contributed by atoms with Crippen molar-refractivity contribution in [2.24, 2.45) is 16.7 Å². The van der Waals surface area contributed by atoms with Crippen molar-refractivity contribution in [2.75, 3.05) is 7.05 Å². The average Bonchev–Trinajstić information content (AvgIpc) is 2.35. The van der Waals surface area contributed by atoms with Crippen LogP contribution in [0.2, 0.25) is 0 Å². The zero-order valence-corrected chi connectivity index (χ0v) is 13.6. The first-order chi connectivity index (χ1) is 9.94. The van der Waals surface area contributed by atoms with E-state index in [0.29, 0.717) is 10.8 Å². The van der Waals surface area contributed by atoms with Crippen molar-refractivity contribution in [3.8, 4) is 0 Å². The molecule has 3 nitrogen and oxygen atoms in total. The van der Waals surface area contributed by atoms with Crippen LogP contribution in [0.25, 0.3) is 0 Å². The molecule has 3 heteroatoms. The van der Waals surface area contributed by atoms with Crippen LogP contribution in [0, 0.1) is 16.7 Å². The van der Waals surface area contributed by atoms with Crippen molar-refractivity contribution in [3.05, 3.63) is 23.8 Å². The minimum absolute atomic E-state index is 0.257. The zero-order valence-electron chi connectivity index (χ0n) is 13.6. The maximum atomic E-state index is 4.94. The van der Waals surface area contributed by atoms with Gasteiger partial charge in [0.15, 0.2) is 0 Å². The van der Waals surface area contributed by atoms with Crippen molar-refractivity contribution in [2.45, 2.75) is 64.3 Å². The van der Waals surface area contributed by atoms with Crippen LogP contribution in [-0.2, 0) is 12.0 Å². The zero-order chi connectivity index (χ0) is 14.7. The first kappa shape index (κ1) is 13.7. The van der Waals surface area contributed by atoms with Gasteiger partial charge in [-0.15, -0.1) is 0 Å². The molecule has 114 valence electrons. The van der Waals surface area contributed by atoms with Crippen molar-refractivity contribution >= 4 is 0 Å². The van der Waals surface area contributed by atoms with Crippen molar-refractivity contribution in [3.63, 3.8) is 0 Å². The van der Waals surface area contributed by atoms with Crippen molar-refractivity contribution in [1.29, 1.82) is 0 Å². The van der Waals surface area contributed by atoms with Gasteiger partial charge in [-0.25, -0.2) is 9.97 Å². The van der Waals surface area contributed by atoms with Gasteiger partial charge in [-0.2, -0.15) is 0 Å². The molecule has 4 aliphatic rings. The SMILES string of the molecule is CNCc1ccnc(C23CC4CC(C)(CC(C)(C4)C2)C3)n1. The Morgan fingerprint density at radius 2 is 1.86 bits per heavy atom. The molecule has 4 fully saturated rings. The van der Waals surface area contributed by atoms with Gasteiger partial charge in [-0.05, 0) is 68.4 Å². The Bertz CT molecular complexity index is 549. The standard InChI is InChI=1S/C18H27N3/c1-16-6-13-7-17(2,10-16)12-18(8-13,11-16)15-20-5-4-14(21-15)9-19-3/h4-5,13,19H,6-12H2,1-3H3. The lowest BCUT2D eigenvalue weighted by Gasteiger charge is -2.64. The number of hydrogen-bond acceptors (Lipinski definition) is 3. The highest BCUT2D eigenvalue weighted by atomic mass is 14.9. The quantitative estimate of drug-likeness (QED) is 0.924. The van der Waals surface area contributed by atoms with Gasteiger partial charge < -0.3 is 5.32 Å². The highest BCUT2D eigenvalue weighted by molar-refractivity contribution is 5.22. The minimum Gasteiger partial charge on any atom is -0.314 e. The predicted molar refractivity (Wildman–Crippen MR) is 83.9 cm³/mol. The molecule has 2 atom stereocenters. The summed E-state index contributed by atoms with van der Waals surface area (Å²) in [5, 5.41) is 3.21. The van der Waals surface area contributed by atoms with Crippen molar-refractivity contribution < 1.29 is 0 Å². The maximum Gasteiger partial charge on any atom is 0.134 e. The van der Waals surface area contributed by atoms with Crippen LogP contribution in [0.1, 0.15) is 63.9 Å². The van der Waals surface area contributed by atoms with Gasteiger partial charge >= 0.3 is 0 Å². The molecule has 1 aromatic heterocycles. The van der Waals surface area contributed by atoms with Gasteiger partial charge in [0.25, 0.3) is 0 Å². The first-order valence-electron chi connectivity index (χ1n) is 8.41. The topological polar surface area (TPSA) is 37.8 Å². The lowest BCUT2D eigenvalue weighted by Crippen LogP contribution is -2.57. The monoisotopic (exact) mass is 285 g/mol. The number of nitrogens with zero attached hydrogens (tertiary/aromatic N) is 2. The average molecular weight is 285 g/mol. The fourth-order valence-corrected chi connectivity index (χ4v) is 6.63. The van der Waals surface area contributed by atoms with E-state index in [0.717, 1.165) is 24.0 Å². The Hall–Kier alpha value is -0.960. The molecule has 1 heterocycles. The third kappa shape index (κ3) is 2.12. The Balaban J connectivity index is 1.75. The van der Waals surface area contributed by atoms with Crippen LogP contribution in [0.4, 0.5) is 0 Å². The normalized spacial score (nSPS) is 44.2. The molecule has 1 N–H and O–H groups in total. The minimum atomic E-state index is 0.257. The molecule has 1 aromatic rings. The molecule has 0 aromatic carbocycles. The first-order valence-corrected chi connectivity index (χ1v) is 8.41. The lowest BCUT2D eigenvalue weighted by atomic mass is 9.40. The largest absolute Gasteiger partial charge is 0.314 e. The molecule has 0 radical (unpaired) electrons. The summed E-state index contributed by atoms with van der Waals surface area (Å²) in [6.45, 7) is 5.87. The molecule has 21 heavy (non-hydrogen) atoms. The van der Waals surface area contributed by atoms with Crippen LogP contribution in [0.3, 0.4) is 0 Å². The molecule has 5 rings (SSSR count). The number of aromatic nitrogens is 2. The van der Waals surface area contributed by atoms with Gasteiger partial charge in [0.1, 0.15) is 5.82 Å². The second-order valence-corrected chi connectivity index (χ2v) is 8.81. The molecule has 4 aliphatic carbocycles. The molecular weight excluding hydrogens is 258 g/mol. The van der Waals surface area contributed by atoms with E-state index in [4.69, 9.17) is 9.97 Å². The summed E-state index contributed by atoms with van der Waals surface area (Å²) in [5.74, 6) is 2.03. The Morgan fingerprint density at radius 3 is 2.48 bits per heavy atom. The van der Waals surface area contributed by atoms with E-state index in [1.807, 2.05) is 19.3 Å². The Morgan fingerprint density at radius 1 is 1.14 bits per heavy atom. The summed E-state index contributed by atoms with van der Waals surface area (Å²) in [5.41, 5.74) is 2.44. The third-order valence-electron chi connectivity index (χ3n) is 6.17. The van der Waals surface area contributed by atoms with Crippen LogP contribution in [0.5, 0.6) is 0 Å². The van der Waals surface area contributed by atoms with E-state index >= 15 is 0 Å². The third-order valence-corrected chi connectivity index (χ3v) is 6.17. The molecule has 0 saturated heterocycles. The Kier molecular flexibility index (Phi) is 2.79. The van der Waals surface area contributed by atoms with Gasteiger partial charge in [0.2, 0.25) is 0 Å². The van der Waals surface area contributed by atoms with Crippen molar-refractivity contribution in [1.82, 2.24) is 15.3 Å². The van der Waals surface area contributed by atoms with E-state index < -0.39 is 0 Å². The summed E-state index contributed by atoms with van der Waals surface area (Å²) in [4.78, 5) is 9.68. The molecule has 2 unspecified atom stereocenters. The Labute approximate surface area is 128 Å². The van der Waals surface area contributed by atoms with E-state index in [2.05, 4.69) is 19.2 Å². The molecule has 4 saturated carbocycles. The number of rotatable bonds is 3. The second kappa shape index (κ2) is 4.28. The van der Waals surface area contributed by atoms with E-state index in [1.54, 1.807) is 0 Å². The maximum absolute atomic E-state index is 4.94. The van der Waals surface area contributed by atoms with Gasteiger partial charge in [0.05, 0.1) is 5.69 Å². The second-order valence-electron chi connectivity index (χ2n) is 8.81. The molecule has 0 spiro atoms. The molecule has 0 aliphatic heterocycles. The van der Waals surface area contributed by atoms with E-state index in [9.17, 15) is 0 Å². The van der Waals surface area contributed by atoms with Crippen LogP contribution < -0.4 is 5.32 Å². The fourth-order valence-electron chi connectivity index (χ4n) is 6.63. The van der Waals surface area contributed by atoms with Gasteiger partial charge in [0, 0.05) is 18.2 Å². The smallest absolute Gasteiger partial charge is 0.134 e. The van der Waals surface area contributed by atoms with Crippen LogP contribution in [0.15, 0.2) is 12.3 Å². The highest BCUT2D eigenvalue weighted by Crippen LogP contribution is 2.69. The summed E-state index contributed by atoms with van der Waals surface area (Å²) in [6, 6.07) is 2.05. The summed E-state index contributed by atoms with van der Waals surface area (Å²) < 4.78 is 0. The summed E-state index contributed by atoms with van der Waals surface area (Å²) in [6.07, 6.45) is 10.2. The van der Waals surface area contributed by atoms with E-state index in [-0.39, 0.29) is 5.41 Å². The highest BCUT2D eigenvalue weighted by Gasteiger charge is 2.61. The van der Waals surface area contributed by atoms with Gasteiger partial charge in [-0.3, -0.25) is 0 Å². The van der Waals surface area contributed by atoms with Crippen LogP contribution >= 0.6 is 0 Å². The summed E-state index contributed by atoms with van der Waals surface area (Å²) >= 11 is 0.